The monoisotopic (exact) mass is 648 g/mol. The van der Waals surface area contributed by atoms with E-state index in [1.807, 2.05) is 23.9 Å². The molecule has 11 heteroatoms. The molecule has 0 heterocycles. The van der Waals surface area contributed by atoms with Crippen LogP contribution in [0.1, 0.15) is 61.5 Å². The maximum absolute atomic E-state index is 14.4. The summed E-state index contributed by atoms with van der Waals surface area (Å²) in [4.78, 5) is 33.2. The third-order valence-corrected chi connectivity index (χ3v) is 13.6. The number of benzene rings is 1. The van der Waals surface area contributed by atoms with Gasteiger partial charge in [0.25, 0.3) is 0 Å². The quantitative estimate of drug-likeness (QED) is 0.250. The number of primary amides is 1. The molecule has 5 N–H and O–H groups in total. The molecule has 2 bridgehead atoms. The molecular formula is C35H50BN4O5P. The van der Waals surface area contributed by atoms with E-state index in [-0.39, 0.29) is 45.4 Å². The van der Waals surface area contributed by atoms with Gasteiger partial charge in [-0.05, 0) is 36.0 Å². The average Bonchev–Trinajstić information content (AvgIpc) is 3.50. The van der Waals surface area contributed by atoms with Crippen LogP contribution in [0.15, 0.2) is 28.7 Å². The van der Waals surface area contributed by atoms with E-state index in [2.05, 4.69) is 42.4 Å². The molecule has 46 heavy (non-hydrogen) atoms. The van der Waals surface area contributed by atoms with E-state index in [1.165, 1.54) is 12.8 Å². The number of hydrogen-bond donors (Lipinski definition) is 4. The molecule has 6 aliphatic rings. The fourth-order valence-corrected chi connectivity index (χ4v) is 10.8. The molecule has 3 fully saturated rings. The molecule has 7 rings (SSSR count). The van der Waals surface area contributed by atoms with Gasteiger partial charge in [0.05, 0.1) is 0 Å². The van der Waals surface area contributed by atoms with Crippen molar-refractivity contribution in [2.24, 2.45) is 40.7 Å². The summed E-state index contributed by atoms with van der Waals surface area (Å²) in [6.45, 7) is 9.59. The van der Waals surface area contributed by atoms with Crippen LogP contribution in [0.5, 0.6) is 5.75 Å². The Hall–Kier alpha value is -2.68. The number of carbonyl (C=O) groups is 2. The van der Waals surface area contributed by atoms with Gasteiger partial charge < -0.3 is 0 Å². The molecule has 1 aromatic carbocycles. The number of allylic oxidation sites excluding steroid dienone is 2. The third-order valence-electron chi connectivity index (χ3n) is 12.6. The van der Waals surface area contributed by atoms with Gasteiger partial charge in [-0.2, -0.15) is 0 Å². The summed E-state index contributed by atoms with van der Waals surface area (Å²) in [6, 6.07) is 1.10. The molecule has 0 aromatic heterocycles. The summed E-state index contributed by atoms with van der Waals surface area (Å²) in [5, 5.41) is 33.5. The van der Waals surface area contributed by atoms with Crippen molar-refractivity contribution < 1.29 is 24.9 Å². The number of likely N-dealkylation sites (N-methyl/N-ethyl adjacent to an activating group) is 1. The van der Waals surface area contributed by atoms with Crippen LogP contribution >= 0.6 is 9.24 Å². The van der Waals surface area contributed by atoms with E-state index in [0.29, 0.717) is 30.7 Å². The number of carbonyl (C=O) groups excluding carboxylic acids is 2. The second kappa shape index (κ2) is 11.2. The minimum atomic E-state index is -1.29. The zero-order valence-electron chi connectivity index (χ0n) is 28.4. The minimum absolute atomic E-state index is 0.0800. The number of ketones is 1. The third kappa shape index (κ3) is 4.57. The zero-order valence-corrected chi connectivity index (χ0v) is 29.5. The van der Waals surface area contributed by atoms with E-state index < -0.39 is 28.8 Å². The van der Waals surface area contributed by atoms with Gasteiger partial charge in [-0.3, -0.25) is 0 Å². The van der Waals surface area contributed by atoms with Crippen LogP contribution in [0.2, 0.25) is 0 Å². The standard InChI is InChI=1S/C35H50BN4O5P/c1-8-40(14-17-9-19-13-21(17)34(19,2)3)15-18-12-23(41)25-20(27(18)38(4)5)10-16-11-22-28(39(6)7)30(43)26(33(37)45)31(36)35(22,46)32(44)24(16)29(25)42/h12,16-17,19,21-22,28,36,41,43-44H,8-11,13-15,46H2,1-7H3,(H2,37,45)/t16-,17+,19?,21?,22-,28-,35+/m0/s1. The number of phenolic OH excluding ortho intramolecular Hbond substituents is 1. The van der Waals surface area contributed by atoms with Crippen molar-refractivity contribution in [2.45, 2.75) is 64.2 Å². The number of fused-ring (bicyclic) bond motifs is 4. The Kier molecular flexibility index (Phi) is 8.09. The maximum atomic E-state index is 14.4. The first-order valence-corrected chi connectivity index (χ1v) is 17.2. The molecule has 8 atom stereocenters. The first kappa shape index (κ1) is 33.2. The molecular weight excluding hydrogens is 598 g/mol. The van der Waals surface area contributed by atoms with Crippen molar-refractivity contribution >= 4 is 39.6 Å². The fraction of sp³-hybridized carbons (Fsp3) is 0.629. The number of amides is 1. The van der Waals surface area contributed by atoms with Gasteiger partial charge in [0.15, 0.2) is 0 Å². The Labute approximate surface area is 276 Å². The molecule has 9 nitrogen and oxygen atoms in total. The number of Topliss-reactive ketones (excluding diaryl/α,β-unsaturated/α-hetero) is 1. The van der Waals surface area contributed by atoms with Crippen LogP contribution in [0.4, 0.5) is 5.69 Å². The fourth-order valence-electron chi connectivity index (χ4n) is 10.2. The normalized spacial score (nSPS) is 32.8. The van der Waals surface area contributed by atoms with E-state index in [9.17, 15) is 24.9 Å². The van der Waals surface area contributed by atoms with Crippen molar-refractivity contribution in [1.82, 2.24) is 9.80 Å². The Bertz CT molecular complexity index is 1600. The zero-order chi connectivity index (χ0) is 33.8. The van der Waals surface area contributed by atoms with Crippen molar-refractivity contribution in [3.63, 3.8) is 0 Å². The van der Waals surface area contributed by atoms with Gasteiger partial charge in [0.1, 0.15) is 0 Å². The van der Waals surface area contributed by atoms with Crippen LogP contribution in [-0.4, -0.2) is 102 Å². The van der Waals surface area contributed by atoms with E-state index in [1.54, 1.807) is 20.2 Å². The number of nitrogens with two attached hydrogens (primary N) is 1. The van der Waals surface area contributed by atoms with E-state index in [0.717, 1.165) is 41.7 Å². The van der Waals surface area contributed by atoms with Crippen LogP contribution in [0.3, 0.4) is 0 Å². The number of aromatic hydroxyl groups is 1. The number of phenols is 1. The second-order valence-electron chi connectivity index (χ2n) is 15.6. The molecule has 3 saturated carbocycles. The Morgan fingerprint density at radius 3 is 2.30 bits per heavy atom. The molecule has 248 valence electrons. The number of nitrogens with zero attached hydrogens (tertiary/aromatic N) is 3. The summed E-state index contributed by atoms with van der Waals surface area (Å²) < 4.78 is 0. The first-order chi connectivity index (χ1) is 21.5. The van der Waals surface area contributed by atoms with Crippen LogP contribution in [0, 0.1) is 35.0 Å². The van der Waals surface area contributed by atoms with Gasteiger partial charge in [0, 0.05) is 0 Å². The average molecular weight is 649 g/mol. The summed E-state index contributed by atoms with van der Waals surface area (Å²) in [7, 11) is 14.3. The molecule has 3 unspecified atom stereocenters. The van der Waals surface area contributed by atoms with E-state index in [4.69, 9.17) is 5.73 Å². The molecule has 0 spiro atoms. The number of anilines is 1. The first-order valence-electron chi connectivity index (χ1n) is 16.6. The number of hydrogen-bond acceptors (Lipinski definition) is 8. The van der Waals surface area contributed by atoms with Gasteiger partial charge in [-0.25, -0.2) is 0 Å². The molecule has 6 aliphatic carbocycles. The summed E-state index contributed by atoms with van der Waals surface area (Å²) in [6.07, 6.45) is 3.51. The number of aliphatic hydroxyl groups excluding tert-OH is 2. The van der Waals surface area contributed by atoms with Crippen LogP contribution in [-0.2, 0) is 17.8 Å². The Morgan fingerprint density at radius 1 is 1.11 bits per heavy atom. The van der Waals surface area contributed by atoms with Crippen molar-refractivity contribution in [2.75, 3.05) is 46.2 Å². The summed E-state index contributed by atoms with van der Waals surface area (Å²) in [5.41, 5.74) is 9.33. The molecule has 0 saturated heterocycles. The van der Waals surface area contributed by atoms with Crippen molar-refractivity contribution in [1.29, 1.82) is 0 Å². The Balaban J connectivity index is 1.41. The molecule has 0 radical (unpaired) electrons. The van der Waals surface area contributed by atoms with Crippen molar-refractivity contribution in [3.8, 4) is 5.75 Å². The second-order valence-corrected chi connectivity index (χ2v) is 16.5. The topological polar surface area (TPSA) is 131 Å². The van der Waals surface area contributed by atoms with Crippen LogP contribution in [0.25, 0.3) is 0 Å². The molecule has 1 aromatic rings. The SMILES string of the molecule is B=C1C(C(N)=O)=C(O)[C@@H](N(C)C)[C@@H]2C[C@@H]3Cc4c(c(O)cc(CN(CC)C[C@H]5CC6CC5C6(C)C)c4N(C)C)C(=O)C3=C(O)[C@]12P. The molecule has 0 aliphatic heterocycles. The summed E-state index contributed by atoms with van der Waals surface area (Å²) in [5.74, 6) is -0.209. The number of aliphatic hydroxyl groups is 2. The molecule has 1 amide bonds. The van der Waals surface area contributed by atoms with Crippen molar-refractivity contribution in [3.05, 3.63) is 45.4 Å². The van der Waals surface area contributed by atoms with Gasteiger partial charge >= 0.3 is 220 Å². The number of rotatable bonds is 8. The predicted molar refractivity (Wildman–Crippen MR) is 187 cm³/mol. The van der Waals surface area contributed by atoms with Gasteiger partial charge in [-0.1, -0.05) is 20.8 Å². The van der Waals surface area contributed by atoms with E-state index >= 15 is 0 Å². The van der Waals surface area contributed by atoms with Gasteiger partial charge in [0.2, 0.25) is 0 Å². The summed E-state index contributed by atoms with van der Waals surface area (Å²) >= 11 is 0. The Morgan fingerprint density at radius 2 is 1.78 bits per heavy atom. The predicted octanol–water partition coefficient (Wildman–Crippen LogP) is 3.08. The van der Waals surface area contributed by atoms with Crippen LogP contribution < -0.4 is 10.6 Å². The van der Waals surface area contributed by atoms with Gasteiger partial charge in [-0.15, -0.1) is 0 Å².